The third-order valence-corrected chi connectivity index (χ3v) is 12.5. The summed E-state index contributed by atoms with van der Waals surface area (Å²) in [6, 6.07) is 9.08. The molecule has 0 radical (unpaired) electrons. The second-order valence-corrected chi connectivity index (χ2v) is 14.2. The Hall–Kier alpha value is -1.47. The van der Waals surface area contributed by atoms with Crippen LogP contribution in [0.5, 0.6) is 5.75 Å². The topological polar surface area (TPSA) is 66.0 Å². The lowest BCUT2D eigenvalue weighted by molar-refractivity contribution is -0.229. The largest absolute Gasteiger partial charge is 0.494 e. The molecular weight excluding hydrogens is 502 g/mol. The van der Waals surface area contributed by atoms with Gasteiger partial charge >= 0.3 is 0 Å². The number of morpholine rings is 1. The molecule has 1 N–H and O–H groups in total. The van der Waals surface area contributed by atoms with Gasteiger partial charge in [-0.1, -0.05) is 26.0 Å². The highest BCUT2D eigenvalue weighted by Crippen LogP contribution is 2.67. The Balaban J connectivity index is 1.02. The summed E-state index contributed by atoms with van der Waals surface area (Å²) in [5, 5.41) is 3.71. The fraction of sp³-hybridized carbons (Fsp3) is 0.794. The van der Waals surface area contributed by atoms with Crippen molar-refractivity contribution in [1.82, 2.24) is 5.32 Å². The Morgan fingerprint density at radius 1 is 1.02 bits per heavy atom. The van der Waals surface area contributed by atoms with Crippen molar-refractivity contribution >= 4 is 5.78 Å². The van der Waals surface area contributed by atoms with Crippen molar-refractivity contribution in [2.24, 2.45) is 34.5 Å². The minimum atomic E-state index is -0.300. The molecular formula is C34H49NO5. The molecule has 2 saturated heterocycles. The molecule has 220 valence electrons. The van der Waals surface area contributed by atoms with Gasteiger partial charge < -0.3 is 24.3 Å². The van der Waals surface area contributed by atoms with Gasteiger partial charge in [0.2, 0.25) is 0 Å². The molecule has 6 heteroatoms. The van der Waals surface area contributed by atoms with Crippen LogP contribution in [0, 0.1) is 34.5 Å². The fourth-order valence-corrected chi connectivity index (χ4v) is 10.3. The van der Waals surface area contributed by atoms with Gasteiger partial charge in [0, 0.05) is 30.7 Å². The monoisotopic (exact) mass is 551 g/mol. The molecule has 0 amide bonds. The molecule has 0 aromatic heterocycles. The summed E-state index contributed by atoms with van der Waals surface area (Å²) < 4.78 is 24.6. The SMILES string of the molecule is CCC1COCC(c2cccc(OCC[C@]34CCC5C(CCC6CC7(CC[C@@]65C)OCCO7)C3CCC4=O)c2)N1. The van der Waals surface area contributed by atoms with Crippen LogP contribution >= 0.6 is 0 Å². The van der Waals surface area contributed by atoms with Crippen molar-refractivity contribution < 1.29 is 23.7 Å². The highest BCUT2D eigenvalue weighted by atomic mass is 16.7. The summed E-state index contributed by atoms with van der Waals surface area (Å²) in [4.78, 5) is 13.6. The third kappa shape index (κ3) is 4.56. The first-order chi connectivity index (χ1) is 19.4. The zero-order valence-corrected chi connectivity index (χ0v) is 24.6. The summed E-state index contributed by atoms with van der Waals surface area (Å²) in [5.41, 5.74) is 1.39. The standard InChI is InChI=1S/C34H49NO5/c1-3-25-21-37-22-30(35-25)23-5-4-6-26(19-23)38-16-15-33-12-11-28-27(29(33)9-10-31(33)36)8-7-24-20-34(39-17-18-40-34)14-13-32(24,28)2/h4-6,19,24-25,27-30,35H,3,7-18,20-22H2,1-2H3/t24?,25?,27?,28?,29?,30?,32-,33+/m0/s1. The number of ether oxygens (including phenoxy) is 4. The van der Waals surface area contributed by atoms with Gasteiger partial charge in [-0.3, -0.25) is 4.79 Å². The van der Waals surface area contributed by atoms with Crippen molar-refractivity contribution in [2.75, 3.05) is 33.0 Å². The van der Waals surface area contributed by atoms with Crippen LogP contribution in [0.3, 0.4) is 0 Å². The zero-order valence-electron chi connectivity index (χ0n) is 24.6. The van der Waals surface area contributed by atoms with Gasteiger partial charge in [-0.15, -0.1) is 0 Å². The number of carbonyl (C=O) groups is 1. The van der Waals surface area contributed by atoms with Crippen LogP contribution in [-0.2, 0) is 19.0 Å². The van der Waals surface area contributed by atoms with E-state index in [2.05, 4.69) is 43.4 Å². The average molecular weight is 552 g/mol. The van der Waals surface area contributed by atoms with Crippen molar-refractivity contribution in [3.8, 4) is 5.75 Å². The number of hydrogen-bond donors (Lipinski definition) is 1. The number of hydrogen-bond acceptors (Lipinski definition) is 6. The molecule has 0 bridgehead atoms. The lowest BCUT2D eigenvalue weighted by Gasteiger charge is -2.61. The molecule has 1 aromatic rings. The van der Waals surface area contributed by atoms with E-state index < -0.39 is 0 Å². The van der Waals surface area contributed by atoms with Gasteiger partial charge in [0.25, 0.3) is 0 Å². The molecule has 6 unspecified atom stereocenters. The van der Waals surface area contributed by atoms with Gasteiger partial charge in [-0.2, -0.15) is 0 Å². The van der Waals surface area contributed by atoms with E-state index >= 15 is 0 Å². The van der Waals surface area contributed by atoms with E-state index in [1.54, 1.807) is 0 Å². The number of fused-ring (bicyclic) bond motifs is 5. The Morgan fingerprint density at radius 3 is 2.75 bits per heavy atom. The van der Waals surface area contributed by atoms with E-state index in [1.807, 2.05) is 0 Å². The van der Waals surface area contributed by atoms with Gasteiger partial charge in [-0.25, -0.2) is 0 Å². The molecule has 8 atom stereocenters. The van der Waals surface area contributed by atoms with Crippen LogP contribution in [0.15, 0.2) is 24.3 Å². The van der Waals surface area contributed by atoms with Crippen molar-refractivity contribution in [3.05, 3.63) is 29.8 Å². The minimum Gasteiger partial charge on any atom is -0.494 e. The maximum absolute atomic E-state index is 13.6. The first-order valence-electron chi connectivity index (χ1n) is 16.3. The Labute approximate surface area is 240 Å². The molecule has 6 aliphatic rings. The quantitative estimate of drug-likeness (QED) is 0.452. The molecule has 7 rings (SSSR count). The van der Waals surface area contributed by atoms with Crippen molar-refractivity contribution in [2.45, 2.75) is 102 Å². The number of rotatable bonds is 6. The predicted octanol–water partition coefficient (Wildman–Crippen LogP) is 6.23. The third-order valence-electron chi connectivity index (χ3n) is 12.5. The van der Waals surface area contributed by atoms with E-state index in [-0.39, 0.29) is 17.2 Å². The zero-order chi connectivity index (χ0) is 27.4. The van der Waals surface area contributed by atoms with Crippen LogP contribution in [0.25, 0.3) is 0 Å². The van der Waals surface area contributed by atoms with E-state index in [4.69, 9.17) is 18.9 Å². The van der Waals surface area contributed by atoms with Crippen molar-refractivity contribution in [1.29, 1.82) is 0 Å². The Morgan fingerprint density at radius 2 is 1.90 bits per heavy atom. The summed E-state index contributed by atoms with van der Waals surface area (Å²) in [7, 11) is 0. The maximum atomic E-state index is 13.6. The highest BCUT2D eigenvalue weighted by Gasteiger charge is 2.63. The van der Waals surface area contributed by atoms with Gasteiger partial charge in [0.05, 0.1) is 39.1 Å². The number of Topliss-reactive ketones (excluding diaryl/α,β-unsaturated/α-hetero) is 1. The molecule has 2 heterocycles. The maximum Gasteiger partial charge on any atom is 0.168 e. The lowest BCUT2D eigenvalue weighted by atomic mass is 9.44. The first kappa shape index (κ1) is 27.4. The van der Waals surface area contributed by atoms with Crippen LogP contribution in [0.1, 0.15) is 96.1 Å². The summed E-state index contributed by atoms with van der Waals surface area (Å²) >= 11 is 0. The minimum absolute atomic E-state index is 0.178. The van der Waals surface area contributed by atoms with E-state index in [0.717, 1.165) is 76.4 Å². The molecule has 1 spiro atoms. The van der Waals surface area contributed by atoms with E-state index in [0.29, 0.717) is 48.2 Å². The van der Waals surface area contributed by atoms with Gasteiger partial charge in [0.15, 0.2) is 5.79 Å². The predicted molar refractivity (Wildman–Crippen MR) is 153 cm³/mol. The second kappa shape index (κ2) is 10.7. The smallest absolute Gasteiger partial charge is 0.168 e. The molecule has 2 aliphatic heterocycles. The summed E-state index contributed by atoms with van der Waals surface area (Å²) in [6.45, 7) is 8.37. The number of nitrogens with one attached hydrogen (secondary N) is 1. The summed E-state index contributed by atoms with van der Waals surface area (Å²) in [5.74, 6) is 3.73. The van der Waals surface area contributed by atoms with Crippen LogP contribution < -0.4 is 10.1 Å². The van der Waals surface area contributed by atoms with Crippen molar-refractivity contribution in [3.63, 3.8) is 0 Å². The average Bonchev–Trinajstić information content (AvgIpc) is 3.58. The van der Waals surface area contributed by atoms with E-state index in [9.17, 15) is 4.79 Å². The highest BCUT2D eigenvalue weighted by molar-refractivity contribution is 5.87. The summed E-state index contributed by atoms with van der Waals surface area (Å²) in [6.07, 6.45) is 11.8. The fourth-order valence-electron chi connectivity index (χ4n) is 10.3. The number of ketones is 1. The Bertz CT molecular complexity index is 1090. The van der Waals surface area contributed by atoms with Crippen LogP contribution in [0.2, 0.25) is 0 Å². The molecule has 1 aromatic carbocycles. The first-order valence-corrected chi connectivity index (χ1v) is 16.3. The molecule has 40 heavy (non-hydrogen) atoms. The molecule has 4 saturated carbocycles. The lowest BCUT2D eigenvalue weighted by Crippen LogP contribution is -2.56. The second-order valence-electron chi connectivity index (χ2n) is 14.2. The van der Waals surface area contributed by atoms with Gasteiger partial charge in [-0.05, 0) is 98.1 Å². The molecule has 4 aliphatic carbocycles. The molecule has 6 fully saturated rings. The van der Waals surface area contributed by atoms with E-state index in [1.165, 1.54) is 31.2 Å². The van der Waals surface area contributed by atoms with Crippen LogP contribution in [-0.4, -0.2) is 50.6 Å². The number of carbonyl (C=O) groups excluding carboxylic acids is 1. The van der Waals surface area contributed by atoms with Crippen LogP contribution in [0.4, 0.5) is 0 Å². The Kier molecular flexibility index (Phi) is 7.30. The normalized spacial score (nSPS) is 42.3. The number of benzene rings is 1. The van der Waals surface area contributed by atoms with Gasteiger partial charge in [0.1, 0.15) is 11.5 Å². The molecule has 6 nitrogen and oxygen atoms in total.